The largest absolute Gasteiger partial charge is 0.385 e. The van der Waals surface area contributed by atoms with Crippen molar-refractivity contribution in [2.75, 3.05) is 13.7 Å². The van der Waals surface area contributed by atoms with Crippen molar-refractivity contribution < 1.29 is 14.3 Å². The van der Waals surface area contributed by atoms with E-state index in [1.807, 2.05) is 41.5 Å². The monoisotopic (exact) mass is 298 g/mol. The SMILES string of the molecule is CCC1(C)NC(=O)C(C(C)(C)C)N(C(C)CCOC)C1=O. The van der Waals surface area contributed by atoms with E-state index in [9.17, 15) is 9.59 Å². The van der Waals surface area contributed by atoms with Gasteiger partial charge in [-0.05, 0) is 32.1 Å². The van der Waals surface area contributed by atoms with Crippen LogP contribution >= 0.6 is 0 Å². The van der Waals surface area contributed by atoms with Crippen LogP contribution in [0.4, 0.5) is 0 Å². The second-order valence-electron chi connectivity index (χ2n) is 7.29. The maximum Gasteiger partial charge on any atom is 0.248 e. The molecule has 0 aromatic heterocycles. The fourth-order valence-corrected chi connectivity index (χ4v) is 2.85. The van der Waals surface area contributed by atoms with Gasteiger partial charge in [0.05, 0.1) is 0 Å². The summed E-state index contributed by atoms with van der Waals surface area (Å²) in [5.41, 5.74) is -1.11. The molecule has 1 saturated heterocycles. The molecule has 1 fully saturated rings. The van der Waals surface area contributed by atoms with E-state index >= 15 is 0 Å². The first kappa shape index (κ1) is 18.0. The van der Waals surface area contributed by atoms with Crippen LogP contribution in [0.2, 0.25) is 0 Å². The summed E-state index contributed by atoms with van der Waals surface area (Å²) in [5.74, 6) is -0.0520. The van der Waals surface area contributed by atoms with Gasteiger partial charge in [0.25, 0.3) is 0 Å². The Balaban J connectivity index is 3.18. The third kappa shape index (κ3) is 3.57. The highest BCUT2D eigenvalue weighted by atomic mass is 16.5. The Kier molecular flexibility index (Phi) is 5.42. The summed E-state index contributed by atoms with van der Waals surface area (Å²) >= 11 is 0. The van der Waals surface area contributed by atoms with Crippen LogP contribution in [0.25, 0.3) is 0 Å². The second kappa shape index (κ2) is 6.34. The van der Waals surface area contributed by atoms with Gasteiger partial charge in [0.1, 0.15) is 11.6 Å². The molecule has 3 unspecified atom stereocenters. The van der Waals surface area contributed by atoms with Crippen molar-refractivity contribution in [3.63, 3.8) is 0 Å². The van der Waals surface area contributed by atoms with Gasteiger partial charge in [-0.15, -0.1) is 0 Å². The maximum absolute atomic E-state index is 13.0. The standard InChI is InChI=1S/C16H30N2O3/c1-8-16(6)14(20)18(11(2)9-10-21-7)12(13(19)17-16)15(3,4)5/h11-12H,8-10H2,1-7H3,(H,17,19). The second-order valence-corrected chi connectivity index (χ2v) is 7.29. The van der Waals surface area contributed by atoms with E-state index in [1.165, 1.54) is 0 Å². The normalized spacial score (nSPS) is 28.5. The van der Waals surface area contributed by atoms with E-state index in [4.69, 9.17) is 4.74 Å². The first-order chi connectivity index (χ1) is 9.58. The van der Waals surface area contributed by atoms with Crippen LogP contribution in [0.1, 0.15) is 54.4 Å². The lowest BCUT2D eigenvalue weighted by Crippen LogP contribution is -2.73. The minimum atomic E-state index is -0.805. The lowest BCUT2D eigenvalue weighted by molar-refractivity contribution is -0.162. The lowest BCUT2D eigenvalue weighted by atomic mass is 9.79. The van der Waals surface area contributed by atoms with E-state index in [1.54, 1.807) is 12.0 Å². The Morgan fingerprint density at radius 1 is 1.38 bits per heavy atom. The van der Waals surface area contributed by atoms with Gasteiger partial charge in [0.15, 0.2) is 0 Å². The van der Waals surface area contributed by atoms with Crippen molar-refractivity contribution in [2.24, 2.45) is 5.41 Å². The third-order valence-electron chi connectivity index (χ3n) is 4.37. The number of hydrogen-bond donors (Lipinski definition) is 1. The Hall–Kier alpha value is -1.10. The number of carbonyl (C=O) groups is 2. The summed E-state index contributed by atoms with van der Waals surface area (Å²) in [4.78, 5) is 27.3. The molecule has 1 heterocycles. The van der Waals surface area contributed by atoms with Gasteiger partial charge in [0.2, 0.25) is 11.8 Å². The predicted octanol–water partition coefficient (Wildman–Crippen LogP) is 1.95. The van der Waals surface area contributed by atoms with Crippen molar-refractivity contribution in [2.45, 2.75) is 72.0 Å². The highest BCUT2D eigenvalue weighted by Crippen LogP contribution is 2.33. The molecule has 1 aliphatic rings. The van der Waals surface area contributed by atoms with Crippen molar-refractivity contribution in [1.29, 1.82) is 0 Å². The van der Waals surface area contributed by atoms with Crippen LogP contribution < -0.4 is 5.32 Å². The zero-order chi connectivity index (χ0) is 16.4. The smallest absolute Gasteiger partial charge is 0.248 e. The summed E-state index contributed by atoms with van der Waals surface area (Å²) in [7, 11) is 1.65. The zero-order valence-electron chi connectivity index (χ0n) is 14.4. The number of ether oxygens (including phenoxy) is 1. The number of rotatable bonds is 5. The third-order valence-corrected chi connectivity index (χ3v) is 4.37. The van der Waals surface area contributed by atoms with Crippen molar-refractivity contribution in [1.82, 2.24) is 10.2 Å². The van der Waals surface area contributed by atoms with Gasteiger partial charge in [-0.3, -0.25) is 9.59 Å². The molecular weight excluding hydrogens is 268 g/mol. The molecule has 5 heteroatoms. The molecule has 0 radical (unpaired) electrons. The number of carbonyl (C=O) groups excluding carboxylic acids is 2. The van der Waals surface area contributed by atoms with Crippen LogP contribution in [0, 0.1) is 5.41 Å². The fraction of sp³-hybridized carbons (Fsp3) is 0.875. The highest BCUT2D eigenvalue weighted by molar-refractivity contribution is 6.00. The van der Waals surface area contributed by atoms with Gasteiger partial charge in [-0.1, -0.05) is 27.7 Å². The topological polar surface area (TPSA) is 58.6 Å². The Labute approximate surface area is 128 Å². The summed E-state index contributed by atoms with van der Waals surface area (Å²) in [6.07, 6.45) is 1.31. The number of methoxy groups -OCH3 is 1. The first-order valence-corrected chi connectivity index (χ1v) is 7.72. The summed E-state index contributed by atoms with van der Waals surface area (Å²) in [6, 6.07) is -0.477. The average Bonchev–Trinajstić information content (AvgIpc) is 2.38. The number of amides is 2. The van der Waals surface area contributed by atoms with Crippen molar-refractivity contribution in [3.8, 4) is 0 Å². The molecule has 1 rings (SSSR count). The molecule has 0 bridgehead atoms. The Morgan fingerprint density at radius 3 is 2.38 bits per heavy atom. The molecule has 0 aromatic rings. The predicted molar refractivity (Wildman–Crippen MR) is 82.9 cm³/mol. The van der Waals surface area contributed by atoms with Crippen LogP contribution in [0.3, 0.4) is 0 Å². The molecule has 3 atom stereocenters. The summed E-state index contributed by atoms with van der Waals surface area (Å²) in [6.45, 7) is 12.3. The Bertz CT molecular complexity index is 403. The lowest BCUT2D eigenvalue weighted by Gasteiger charge is -2.50. The highest BCUT2D eigenvalue weighted by Gasteiger charge is 2.51. The van der Waals surface area contributed by atoms with Crippen LogP contribution in [0.5, 0.6) is 0 Å². The average molecular weight is 298 g/mol. The van der Waals surface area contributed by atoms with E-state index in [0.29, 0.717) is 13.0 Å². The fourth-order valence-electron chi connectivity index (χ4n) is 2.85. The van der Waals surface area contributed by atoms with Gasteiger partial charge in [-0.25, -0.2) is 0 Å². The van der Waals surface area contributed by atoms with E-state index in [2.05, 4.69) is 5.32 Å². The molecule has 5 nitrogen and oxygen atoms in total. The van der Waals surface area contributed by atoms with Gasteiger partial charge < -0.3 is 15.0 Å². The van der Waals surface area contributed by atoms with Crippen LogP contribution in [0.15, 0.2) is 0 Å². The van der Waals surface area contributed by atoms with E-state index in [0.717, 1.165) is 6.42 Å². The molecule has 0 aliphatic carbocycles. The minimum Gasteiger partial charge on any atom is -0.385 e. The molecule has 1 N–H and O–H groups in total. The molecule has 0 spiro atoms. The molecule has 21 heavy (non-hydrogen) atoms. The Morgan fingerprint density at radius 2 is 1.95 bits per heavy atom. The van der Waals surface area contributed by atoms with Gasteiger partial charge >= 0.3 is 0 Å². The number of hydrogen-bond acceptors (Lipinski definition) is 3. The van der Waals surface area contributed by atoms with E-state index in [-0.39, 0.29) is 23.3 Å². The minimum absolute atomic E-state index is 0.00753. The van der Waals surface area contributed by atoms with Gasteiger partial charge in [0, 0.05) is 19.8 Å². The molecule has 122 valence electrons. The molecule has 1 aliphatic heterocycles. The molecule has 0 aromatic carbocycles. The number of piperazine rings is 1. The number of nitrogens with zero attached hydrogens (tertiary/aromatic N) is 1. The van der Waals surface area contributed by atoms with E-state index < -0.39 is 11.6 Å². The summed E-state index contributed by atoms with van der Waals surface area (Å²) < 4.78 is 5.13. The first-order valence-electron chi connectivity index (χ1n) is 7.72. The number of nitrogens with one attached hydrogen (secondary N) is 1. The van der Waals surface area contributed by atoms with Crippen LogP contribution in [-0.2, 0) is 14.3 Å². The van der Waals surface area contributed by atoms with Crippen LogP contribution in [-0.4, -0.2) is 48.1 Å². The quantitative estimate of drug-likeness (QED) is 0.844. The molecule has 0 saturated carbocycles. The van der Waals surface area contributed by atoms with Crippen molar-refractivity contribution >= 4 is 11.8 Å². The van der Waals surface area contributed by atoms with Gasteiger partial charge in [-0.2, -0.15) is 0 Å². The molecular formula is C16H30N2O3. The molecule has 2 amide bonds. The zero-order valence-corrected chi connectivity index (χ0v) is 14.4. The van der Waals surface area contributed by atoms with Crippen molar-refractivity contribution in [3.05, 3.63) is 0 Å². The summed E-state index contributed by atoms with van der Waals surface area (Å²) in [5, 5.41) is 2.93. The maximum atomic E-state index is 13.0.